The molecule has 0 atom stereocenters. The van der Waals surface area contributed by atoms with E-state index in [1.165, 1.54) is 7.11 Å². The molecule has 0 aromatic heterocycles. The number of carbonyl (C=O) groups is 1. The van der Waals surface area contributed by atoms with Gasteiger partial charge >= 0.3 is 6.09 Å². The molecule has 14 heavy (non-hydrogen) atoms. The summed E-state index contributed by atoms with van der Waals surface area (Å²) in [4.78, 5) is 11.0. The van der Waals surface area contributed by atoms with Crippen molar-refractivity contribution in [1.29, 1.82) is 0 Å². The average molecular weight is 189 g/mol. The summed E-state index contributed by atoms with van der Waals surface area (Å²) in [7, 11) is 1.32. The van der Waals surface area contributed by atoms with Gasteiger partial charge in [0.25, 0.3) is 0 Å². The zero-order valence-corrected chi connectivity index (χ0v) is 8.13. The lowest BCUT2D eigenvalue weighted by Gasteiger charge is -2.05. The molecule has 72 valence electrons. The summed E-state index contributed by atoms with van der Waals surface area (Å²) in [6.07, 6.45) is -0.490. The number of rotatable bonds is 1. The lowest BCUT2D eigenvalue weighted by molar-refractivity contribution is 0.187. The molecule has 3 nitrogen and oxygen atoms in total. The van der Waals surface area contributed by atoms with E-state index < -0.39 is 6.09 Å². The Kier molecular flexibility index (Phi) is 3.57. The smallest absolute Gasteiger partial charge is 0.411 e. The molecule has 0 spiro atoms. The third kappa shape index (κ3) is 2.53. The Morgan fingerprint density at radius 2 is 2.14 bits per heavy atom. The lowest BCUT2D eigenvalue weighted by atomic mass is 10.2. The molecule has 0 saturated heterocycles. The summed E-state index contributed by atoms with van der Waals surface area (Å²) in [5, 5.41) is 2.58. The monoisotopic (exact) mass is 189 g/mol. The van der Waals surface area contributed by atoms with Crippen molar-refractivity contribution in [3.8, 4) is 11.8 Å². The molecule has 0 aliphatic heterocycles. The fourth-order valence-electron chi connectivity index (χ4n) is 0.997. The van der Waals surface area contributed by atoms with E-state index >= 15 is 0 Å². The zero-order valence-electron chi connectivity index (χ0n) is 8.13. The maximum Gasteiger partial charge on any atom is 0.411 e. The first kappa shape index (κ1) is 10.1. The number of benzene rings is 1. The number of amides is 1. The molecule has 0 aliphatic carbocycles. The van der Waals surface area contributed by atoms with Crippen LogP contribution in [-0.2, 0) is 4.74 Å². The molecule has 0 unspecified atom stereocenters. The topological polar surface area (TPSA) is 38.3 Å². The Morgan fingerprint density at radius 3 is 2.79 bits per heavy atom. The largest absolute Gasteiger partial charge is 0.453 e. The second-order valence-electron chi connectivity index (χ2n) is 2.54. The summed E-state index contributed by atoms with van der Waals surface area (Å²) in [6, 6.07) is 7.30. The molecule has 0 fully saturated rings. The van der Waals surface area contributed by atoms with Crippen LogP contribution in [0.5, 0.6) is 0 Å². The van der Waals surface area contributed by atoms with Gasteiger partial charge in [-0.1, -0.05) is 18.1 Å². The highest BCUT2D eigenvalue weighted by Gasteiger charge is 2.03. The number of hydrogen-bond donors (Lipinski definition) is 1. The van der Waals surface area contributed by atoms with Gasteiger partial charge in [-0.2, -0.15) is 0 Å². The number of anilines is 1. The van der Waals surface area contributed by atoms with Crippen molar-refractivity contribution in [2.45, 2.75) is 6.92 Å². The van der Waals surface area contributed by atoms with Gasteiger partial charge in [0, 0.05) is 5.56 Å². The van der Waals surface area contributed by atoms with E-state index in [0.29, 0.717) is 5.69 Å². The van der Waals surface area contributed by atoms with Crippen molar-refractivity contribution >= 4 is 11.8 Å². The van der Waals surface area contributed by atoms with Gasteiger partial charge < -0.3 is 4.74 Å². The van der Waals surface area contributed by atoms with Crippen LogP contribution < -0.4 is 5.32 Å². The Balaban J connectivity index is 2.93. The van der Waals surface area contributed by atoms with Gasteiger partial charge in [-0.15, -0.1) is 5.92 Å². The Hall–Kier alpha value is -1.95. The normalized spacial score (nSPS) is 8.43. The highest BCUT2D eigenvalue weighted by atomic mass is 16.5. The number of hydrogen-bond acceptors (Lipinski definition) is 2. The first-order chi connectivity index (χ1) is 6.77. The van der Waals surface area contributed by atoms with Gasteiger partial charge in [0.1, 0.15) is 0 Å². The predicted molar refractivity (Wildman–Crippen MR) is 55.0 cm³/mol. The van der Waals surface area contributed by atoms with Crippen LogP contribution in [0.1, 0.15) is 12.5 Å². The molecule has 0 heterocycles. The number of carbonyl (C=O) groups excluding carboxylic acids is 1. The number of nitrogens with one attached hydrogen (secondary N) is 1. The van der Waals surface area contributed by atoms with E-state index in [0.717, 1.165) is 5.56 Å². The number of para-hydroxylation sites is 1. The molecule has 1 aromatic rings. The molecule has 0 radical (unpaired) electrons. The van der Waals surface area contributed by atoms with Crippen LogP contribution in [0.25, 0.3) is 0 Å². The third-order valence-electron chi connectivity index (χ3n) is 1.61. The second kappa shape index (κ2) is 4.93. The van der Waals surface area contributed by atoms with Gasteiger partial charge in [0.15, 0.2) is 0 Å². The molecule has 3 heteroatoms. The maximum atomic E-state index is 11.0. The van der Waals surface area contributed by atoms with Crippen LogP contribution in [0, 0.1) is 11.8 Å². The van der Waals surface area contributed by atoms with Crippen molar-refractivity contribution in [1.82, 2.24) is 0 Å². The van der Waals surface area contributed by atoms with E-state index in [1.54, 1.807) is 13.0 Å². The molecule has 1 aromatic carbocycles. The van der Waals surface area contributed by atoms with Crippen LogP contribution >= 0.6 is 0 Å². The maximum absolute atomic E-state index is 11.0. The molecule has 1 N–H and O–H groups in total. The first-order valence-electron chi connectivity index (χ1n) is 4.14. The minimum absolute atomic E-state index is 0.490. The second-order valence-corrected chi connectivity index (χ2v) is 2.54. The summed E-state index contributed by atoms with van der Waals surface area (Å²) < 4.78 is 4.49. The SMILES string of the molecule is CC#Cc1ccccc1NC(=O)OC. The van der Waals surface area contributed by atoms with Crippen LogP contribution in [0.2, 0.25) is 0 Å². The van der Waals surface area contributed by atoms with E-state index in [1.807, 2.05) is 18.2 Å². The summed E-state index contributed by atoms with van der Waals surface area (Å²) in [6.45, 7) is 1.74. The third-order valence-corrected chi connectivity index (χ3v) is 1.61. The van der Waals surface area contributed by atoms with Crippen LogP contribution in [0.15, 0.2) is 24.3 Å². The molecular weight excluding hydrogens is 178 g/mol. The van der Waals surface area contributed by atoms with E-state index in [2.05, 4.69) is 21.9 Å². The van der Waals surface area contributed by atoms with Crippen molar-refractivity contribution in [3.05, 3.63) is 29.8 Å². The van der Waals surface area contributed by atoms with E-state index in [4.69, 9.17) is 0 Å². The van der Waals surface area contributed by atoms with Crippen molar-refractivity contribution in [2.75, 3.05) is 12.4 Å². The summed E-state index contributed by atoms with van der Waals surface area (Å²) >= 11 is 0. The zero-order chi connectivity index (χ0) is 10.4. The van der Waals surface area contributed by atoms with Crippen LogP contribution in [-0.4, -0.2) is 13.2 Å². The van der Waals surface area contributed by atoms with E-state index in [9.17, 15) is 4.79 Å². The minimum atomic E-state index is -0.490. The predicted octanol–water partition coefficient (Wildman–Crippen LogP) is 2.24. The van der Waals surface area contributed by atoms with Gasteiger partial charge in [0.2, 0.25) is 0 Å². The Morgan fingerprint density at radius 1 is 1.43 bits per heavy atom. The highest BCUT2D eigenvalue weighted by Crippen LogP contribution is 2.13. The van der Waals surface area contributed by atoms with Gasteiger partial charge in [0.05, 0.1) is 12.8 Å². The molecule has 0 aliphatic rings. The fraction of sp³-hybridized carbons (Fsp3) is 0.182. The summed E-state index contributed by atoms with van der Waals surface area (Å²) in [5.74, 6) is 5.66. The van der Waals surface area contributed by atoms with Gasteiger partial charge in [-0.25, -0.2) is 4.79 Å². The fourth-order valence-corrected chi connectivity index (χ4v) is 0.997. The number of ether oxygens (including phenoxy) is 1. The number of methoxy groups -OCH3 is 1. The molecule has 1 rings (SSSR count). The Labute approximate surface area is 83.1 Å². The highest BCUT2D eigenvalue weighted by molar-refractivity contribution is 5.86. The first-order valence-corrected chi connectivity index (χ1v) is 4.14. The Bertz CT molecular complexity index is 388. The van der Waals surface area contributed by atoms with Crippen molar-refractivity contribution < 1.29 is 9.53 Å². The van der Waals surface area contributed by atoms with Crippen molar-refractivity contribution in [2.24, 2.45) is 0 Å². The van der Waals surface area contributed by atoms with Gasteiger partial charge in [-0.05, 0) is 19.1 Å². The molecule has 1 amide bonds. The molecule has 0 bridgehead atoms. The lowest BCUT2D eigenvalue weighted by Crippen LogP contribution is -2.11. The van der Waals surface area contributed by atoms with Gasteiger partial charge in [-0.3, -0.25) is 5.32 Å². The van der Waals surface area contributed by atoms with Crippen molar-refractivity contribution in [3.63, 3.8) is 0 Å². The minimum Gasteiger partial charge on any atom is -0.453 e. The molecular formula is C11H11NO2. The average Bonchev–Trinajstić information content (AvgIpc) is 2.21. The summed E-state index contributed by atoms with van der Waals surface area (Å²) in [5.41, 5.74) is 1.44. The van der Waals surface area contributed by atoms with Crippen LogP contribution in [0.4, 0.5) is 10.5 Å². The quantitative estimate of drug-likeness (QED) is 0.688. The van der Waals surface area contributed by atoms with Crippen LogP contribution in [0.3, 0.4) is 0 Å². The molecule has 0 saturated carbocycles. The van der Waals surface area contributed by atoms with E-state index in [-0.39, 0.29) is 0 Å². The standard InChI is InChI=1S/C11H11NO2/c1-3-6-9-7-4-5-8-10(9)12-11(13)14-2/h4-5,7-8H,1-2H3,(H,12,13).